The van der Waals surface area contributed by atoms with E-state index in [1.54, 1.807) is 0 Å². The summed E-state index contributed by atoms with van der Waals surface area (Å²) in [5.74, 6) is 0.889. The minimum Gasteiger partial charge on any atom is -0.293 e. The zero-order chi connectivity index (χ0) is 14.9. The van der Waals surface area contributed by atoms with E-state index in [4.69, 9.17) is 0 Å². The van der Waals surface area contributed by atoms with Gasteiger partial charge in [0.1, 0.15) is 0 Å². The highest BCUT2D eigenvalue weighted by atomic mass is 79.9. The average Bonchev–Trinajstić information content (AvgIpc) is 2.41. The van der Waals surface area contributed by atoms with Gasteiger partial charge in [0.15, 0.2) is 5.78 Å². The van der Waals surface area contributed by atoms with Crippen LogP contribution in [-0.2, 0) is 4.79 Å². The Hall–Kier alpha value is -0.410. The molecule has 0 aliphatic heterocycles. The molecule has 1 nitrogen and oxygen atoms in total. The molecule has 20 heavy (non-hydrogen) atoms. The van der Waals surface area contributed by atoms with Crippen LogP contribution in [0.4, 0.5) is 0 Å². The van der Waals surface area contributed by atoms with Gasteiger partial charge in [0, 0.05) is 10.0 Å². The molecule has 0 spiro atoms. The highest BCUT2D eigenvalue weighted by Crippen LogP contribution is 2.44. The van der Waals surface area contributed by atoms with E-state index in [1.807, 2.05) is 24.3 Å². The van der Waals surface area contributed by atoms with Gasteiger partial charge >= 0.3 is 0 Å². The summed E-state index contributed by atoms with van der Waals surface area (Å²) in [5.41, 5.74) is 2.04. The Labute approximate surface area is 138 Å². The molecule has 2 atom stereocenters. The van der Waals surface area contributed by atoms with Gasteiger partial charge in [0.05, 0.1) is 4.32 Å². The number of carbonyl (C=O) groups excluding carboxylic acids is 1. The van der Waals surface area contributed by atoms with Gasteiger partial charge in [0.2, 0.25) is 0 Å². The van der Waals surface area contributed by atoms with Crippen LogP contribution in [0.15, 0.2) is 34.3 Å². The largest absolute Gasteiger partial charge is 0.293 e. The number of Topliss-reactive ketones (excluding diaryl/α,β-unsaturated/α-hetero) is 1. The van der Waals surface area contributed by atoms with Crippen LogP contribution in [0.1, 0.15) is 39.2 Å². The Balaban J connectivity index is 2.37. The first-order valence-corrected chi connectivity index (χ1v) is 8.64. The molecule has 1 saturated carbocycles. The lowest BCUT2D eigenvalue weighted by Crippen LogP contribution is -2.43. The fourth-order valence-electron chi connectivity index (χ4n) is 2.66. The van der Waals surface area contributed by atoms with E-state index < -0.39 is 0 Å². The summed E-state index contributed by atoms with van der Waals surface area (Å²) in [5, 5.41) is 0. The van der Waals surface area contributed by atoms with Crippen molar-refractivity contribution in [1.29, 1.82) is 0 Å². The normalized spacial score (nSPS) is 29.2. The van der Waals surface area contributed by atoms with E-state index in [0.717, 1.165) is 28.5 Å². The fraction of sp³-hybridized carbons (Fsp3) is 0.471. The molecule has 0 N–H and O–H groups in total. The summed E-state index contributed by atoms with van der Waals surface area (Å²) in [6, 6.07) is 8.09. The molecule has 0 bridgehead atoms. The standard InChI is InChI=1S/C17H20Br2O/c1-11(2)17(19)9-8-12(3)15(16(17)20)10-13-4-6-14(18)7-5-13/h4-7,10-12H,8-9H2,1-3H3. The quantitative estimate of drug-likeness (QED) is 0.465. The topological polar surface area (TPSA) is 17.1 Å². The van der Waals surface area contributed by atoms with Gasteiger partial charge in [-0.1, -0.05) is 64.8 Å². The van der Waals surface area contributed by atoms with Gasteiger partial charge in [-0.3, -0.25) is 4.79 Å². The third kappa shape index (κ3) is 3.09. The highest BCUT2D eigenvalue weighted by molar-refractivity contribution is 9.10. The summed E-state index contributed by atoms with van der Waals surface area (Å²) in [7, 11) is 0. The lowest BCUT2D eigenvalue weighted by atomic mass is 9.73. The molecule has 2 rings (SSSR count). The maximum atomic E-state index is 12.8. The van der Waals surface area contributed by atoms with Gasteiger partial charge in [-0.15, -0.1) is 0 Å². The van der Waals surface area contributed by atoms with E-state index in [0.29, 0.717) is 11.8 Å². The van der Waals surface area contributed by atoms with Crippen molar-refractivity contribution < 1.29 is 4.79 Å². The number of benzene rings is 1. The number of ketones is 1. The predicted molar refractivity (Wildman–Crippen MR) is 92.0 cm³/mol. The van der Waals surface area contributed by atoms with Crippen LogP contribution in [-0.4, -0.2) is 10.1 Å². The molecule has 2 unspecified atom stereocenters. The number of carbonyl (C=O) groups is 1. The SMILES string of the molecule is CC1CCC(Br)(C(C)C)C(=O)C1=Cc1ccc(Br)cc1. The lowest BCUT2D eigenvalue weighted by Gasteiger charge is -2.38. The van der Waals surface area contributed by atoms with E-state index in [2.05, 4.69) is 58.7 Å². The van der Waals surface area contributed by atoms with E-state index >= 15 is 0 Å². The average molecular weight is 400 g/mol. The Morgan fingerprint density at radius 1 is 1.30 bits per heavy atom. The predicted octanol–water partition coefficient (Wildman–Crippen LogP) is 5.62. The molecule has 0 aromatic heterocycles. The highest BCUT2D eigenvalue weighted by Gasteiger charge is 2.44. The van der Waals surface area contributed by atoms with Crippen molar-refractivity contribution in [2.45, 2.75) is 37.9 Å². The summed E-state index contributed by atoms with van der Waals surface area (Å²) in [6.45, 7) is 6.37. The number of hydrogen-bond donors (Lipinski definition) is 0. The van der Waals surface area contributed by atoms with Gasteiger partial charge in [0.25, 0.3) is 0 Å². The van der Waals surface area contributed by atoms with Crippen molar-refractivity contribution in [2.75, 3.05) is 0 Å². The second-order valence-corrected chi connectivity index (χ2v) is 8.27. The molecular weight excluding hydrogens is 380 g/mol. The van der Waals surface area contributed by atoms with Gasteiger partial charge in [-0.05, 0) is 48.4 Å². The summed E-state index contributed by atoms with van der Waals surface area (Å²) in [4.78, 5) is 12.8. The van der Waals surface area contributed by atoms with Crippen molar-refractivity contribution in [3.63, 3.8) is 0 Å². The maximum absolute atomic E-state index is 12.8. The number of rotatable bonds is 2. The third-order valence-electron chi connectivity index (χ3n) is 4.22. The smallest absolute Gasteiger partial charge is 0.176 e. The van der Waals surface area contributed by atoms with Crippen LogP contribution >= 0.6 is 31.9 Å². The summed E-state index contributed by atoms with van der Waals surface area (Å²) >= 11 is 7.16. The Morgan fingerprint density at radius 3 is 2.45 bits per heavy atom. The Morgan fingerprint density at radius 2 is 1.90 bits per heavy atom. The first kappa shape index (κ1) is 16.0. The van der Waals surface area contributed by atoms with E-state index in [-0.39, 0.29) is 10.1 Å². The van der Waals surface area contributed by atoms with Gasteiger partial charge in [-0.2, -0.15) is 0 Å². The minimum absolute atomic E-state index is 0.258. The number of hydrogen-bond acceptors (Lipinski definition) is 1. The molecule has 1 fully saturated rings. The van der Waals surface area contributed by atoms with Crippen molar-refractivity contribution in [3.05, 3.63) is 39.9 Å². The molecule has 1 aliphatic rings. The lowest BCUT2D eigenvalue weighted by molar-refractivity contribution is -0.120. The molecule has 1 aliphatic carbocycles. The molecular formula is C17H20Br2O. The first-order valence-electron chi connectivity index (χ1n) is 7.05. The Bertz CT molecular complexity index is 530. The number of alkyl halides is 1. The van der Waals surface area contributed by atoms with Crippen molar-refractivity contribution in [3.8, 4) is 0 Å². The molecule has 0 radical (unpaired) electrons. The molecule has 1 aromatic rings. The second kappa shape index (κ2) is 6.15. The maximum Gasteiger partial charge on any atom is 0.176 e. The zero-order valence-electron chi connectivity index (χ0n) is 12.1. The minimum atomic E-state index is -0.388. The van der Waals surface area contributed by atoms with E-state index in [9.17, 15) is 4.79 Å². The van der Waals surface area contributed by atoms with Crippen LogP contribution < -0.4 is 0 Å². The first-order chi connectivity index (χ1) is 9.34. The monoisotopic (exact) mass is 398 g/mol. The van der Waals surface area contributed by atoms with Gasteiger partial charge < -0.3 is 0 Å². The molecule has 3 heteroatoms. The molecule has 0 heterocycles. The molecule has 0 amide bonds. The Kier molecular flexibility index (Phi) is 4.91. The third-order valence-corrected chi connectivity index (χ3v) is 6.42. The summed E-state index contributed by atoms with van der Waals surface area (Å²) < 4.78 is 0.667. The summed E-state index contributed by atoms with van der Waals surface area (Å²) in [6.07, 6.45) is 4.02. The van der Waals surface area contributed by atoms with Crippen LogP contribution in [0.3, 0.4) is 0 Å². The second-order valence-electron chi connectivity index (χ2n) is 5.94. The fourth-order valence-corrected chi connectivity index (χ4v) is 3.38. The van der Waals surface area contributed by atoms with Crippen LogP contribution in [0.25, 0.3) is 6.08 Å². The van der Waals surface area contributed by atoms with Crippen LogP contribution in [0, 0.1) is 11.8 Å². The number of halogens is 2. The van der Waals surface area contributed by atoms with Crippen LogP contribution in [0.2, 0.25) is 0 Å². The zero-order valence-corrected chi connectivity index (χ0v) is 15.3. The van der Waals surface area contributed by atoms with Crippen molar-refractivity contribution in [2.24, 2.45) is 11.8 Å². The van der Waals surface area contributed by atoms with Gasteiger partial charge in [-0.25, -0.2) is 0 Å². The van der Waals surface area contributed by atoms with Crippen LogP contribution in [0.5, 0.6) is 0 Å². The number of allylic oxidation sites excluding steroid dienone is 1. The van der Waals surface area contributed by atoms with Crippen molar-refractivity contribution in [1.82, 2.24) is 0 Å². The molecule has 1 aromatic carbocycles. The van der Waals surface area contributed by atoms with Crippen molar-refractivity contribution >= 4 is 43.7 Å². The van der Waals surface area contributed by atoms with E-state index in [1.165, 1.54) is 0 Å². The molecule has 0 saturated heterocycles. The molecule has 108 valence electrons.